The first-order valence-electron chi connectivity index (χ1n) is 6.12. The van der Waals surface area contributed by atoms with E-state index in [0.29, 0.717) is 32.5 Å². The van der Waals surface area contributed by atoms with Crippen LogP contribution in [0.3, 0.4) is 0 Å². The van der Waals surface area contributed by atoms with Crippen molar-refractivity contribution in [3.8, 4) is 5.69 Å². The minimum absolute atomic E-state index is 0.153. The lowest BCUT2D eigenvalue weighted by Gasteiger charge is -2.12. The van der Waals surface area contributed by atoms with Crippen LogP contribution in [0, 0.1) is 10.5 Å². The van der Waals surface area contributed by atoms with Gasteiger partial charge in [0, 0.05) is 8.59 Å². The van der Waals surface area contributed by atoms with Crippen molar-refractivity contribution in [3.05, 3.63) is 66.2 Å². The van der Waals surface area contributed by atoms with Crippen LogP contribution in [0.4, 0.5) is 0 Å². The summed E-state index contributed by atoms with van der Waals surface area (Å²) in [6, 6.07) is 10.6. The molecule has 0 N–H and O–H groups in total. The van der Waals surface area contributed by atoms with Gasteiger partial charge in [-0.1, -0.05) is 23.2 Å². The Morgan fingerprint density at radius 2 is 1.90 bits per heavy atom. The number of aryl methyl sites for hydroxylation is 1. The Hall–Kier alpha value is -1.11. The zero-order valence-electron chi connectivity index (χ0n) is 10.9. The standard InChI is InChI=1S/C15H9Cl2IN2O/c1-8-19-13-5-3-10(18)7-11(13)15(21)20(8)14-6-9(16)2-4-12(14)17/h2-7H,1H3. The van der Waals surface area contributed by atoms with Crippen molar-refractivity contribution in [2.45, 2.75) is 6.92 Å². The largest absolute Gasteiger partial charge is 0.268 e. The molecule has 0 atom stereocenters. The lowest BCUT2D eigenvalue weighted by atomic mass is 10.2. The maximum Gasteiger partial charge on any atom is 0.266 e. The van der Waals surface area contributed by atoms with Gasteiger partial charge in [-0.05, 0) is 65.9 Å². The van der Waals surface area contributed by atoms with E-state index in [0.717, 1.165) is 3.57 Å². The van der Waals surface area contributed by atoms with Crippen molar-refractivity contribution in [2.75, 3.05) is 0 Å². The van der Waals surface area contributed by atoms with Crippen molar-refractivity contribution >= 4 is 56.7 Å². The average molecular weight is 431 g/mol. The first-order chi connectivity index (χ1) is 9.97. The molecule has 0 unspecified atom stereocenters. The first kappa shape index (κ1) is 14.8. The van der Waals surface area contributed by atoms with E-state index < -0.39 is 0 Å². The van der Waals surface area contributed by atoms with Crippen LogP contribution in [0.25, 0.3) is 16.6 Å². The molecule has 6 heteroatoms. The monoisotopic (exact) mass is 430 g/mol. The highest BCUT2D eigenvalue weighted by Crippen LogP contribution is 2.25. The molecule has 2 aromatic carbocycles. The van der Waals surface area contributed by atoms with Crippen LogP contribution in [-0.4, -0.2) is 9.55 Å². The van der Waals surface area contributed by atoms with Gasteiger partial charge in [-0.2, -0.15) is 0 Å². The highest BCUT2D eigenvalue weighted by molar-refractivity contribution is 14.1. The van der Waals surface area contributed by atoms with Gasteiger partial charge in [-0.3, -0.25) is 9.36 Å². The summed E-state index contributed by atoms with van der Waals surface area (Å²) < 4.78 is 2.47. The second-order valence-corrected chi connectivity index (χ2v) is 6.65. The summed E-state index contributed by atoms with van der Waals surface area (Å²) in [5, 5.41) is 1.53. The highest BCUT2D eigenvalue weighted by Gasteiger charge is 2.13. The van der Waals surface area contributed by atoms with Gasteiger partial charge in [0.15, 0.2) is 0 Å². The minimum atomic E-state index is -0.153. The van der Waals surface area contributed by atoms with Gasteiger partial charge in [0.25, 0.3) is 5.56 Å². The molecule has 0 radical (unpaired) electrons. The van der Waals surface area contributed by atoms with Gasteiger partial charge in [0.2, 0.25) is 0 Å². The quantitative estimate of drug-likeness (QED) is 0.528. The molecule has 1 aromatic heterocycles. The zero-order chi connectivity index (χ0) is 15.1. The number of hydrogen-bond acceptors (Lipinski definition) is 2. The Kier molecular flexibility index (Phi) is 3.94. The molecule has 0 fully saturated rings. The van der Waals surface area contributed by atoms with E-state index in [1.165, 1.54) is 4.57 Å². The summed E-state index contributed by atoms with van der Waals surface area (Å²) in [6.45, 7) is 1.77. The van der Waals surface area contributed by atoms with E-state index in [9.17, 15) is 4.79 Å². The van der Waals surface area contributed by atoms with Crippen molar-refractivity contribution in [1.29, 1.82) is 0 Å². The maximum absolute atomic E-state index is 12.8. The maximum atomic E-state index is 12.8. The second kappa shape index (κ2) is 5.59. The molecule has 0 spiro atoms. The van der Waals surface area contributed by atoms with E-state index in [1.54, 1.807) is 25.1 Å². The summed E-state index contributed by atoms with van der Waals surface area (Å²) >= 11 is 14.4. The van der Waals surface area contributed by atoms with Crippen LogP contribution in [0.1, 0.15) is 5.82 Å². The fourth-order valence-corrected chi connectivity index (χ4v) is 3.07. The number of rotatable bonds is 1. The molecule has 0 saturated carbocycles. The van der Waals surface area contributed by atoms with Gasteiger partial charge in [0.05, 0.1) is 21.6 Å². The summed E-state index contributed by atoms with van der Waals surface area (Å²) in [5.41, 5.74) is 1.06. The Morgan fingerprint density at radius 1 is 1.14 bits per heavy atom. The molecule has 1 heterocycles. The third-order valence-corrected chi connectivity index (χ3v) is 4.37. The van der Waals surface area contributed by atoms with Crippen molar-refractivity contribution in [3.63, 3.8) is 0 Å². The second-order valence-electron chi connectivity index (χ2n) is 4.56. The number of halogens is 3. The molecule has 0 amide bonds. The van der Waals surface area contributed by atoms with Crippen LogP contribution in [0.15, 0.2) is 41.2 Å². The topological polar surface area (TPSA) is 34.9 Å². The van der Waals surface area contributed by atoms with Crippen LogP contribution >= 0.6 is 45.8 Å². The van der Waals surface area contributed by atoms with Gasteiger partial charge in [-0.25, -0.2) is 4.98 Å². The zero-order valence-corrected chi connectivity index (χ0v) is 14.6. The first-order valence-corrected chi connectivity index (χ1v) is 7.95. The van der Waals surface area contributed by atoms with Crippen LogP contribution in [-0.2, 0) is 0 Å². The lowest BCUT2D eigenvalue weighted by molar-refractivity contribution is 0.895. The van der Waals surface area contributed by atoms with E-state index in [1.807, 2.05) is 18.2 Å². The third-order valence-electron chi connectivity index (χ3n) is 3.15. The minimum Gasteiger partial charge on any atom is -0.268 e. The molecule has 3 nitrogen and oxygen atoms in total. The van der Waals surface area contributed by atoms with Crippen LogP contribution < -0.4 is 5.56 Å². The van der Waals surface area contributed by atoms with Crippen molar-refractivity contribution in [2.24, 2.45) is 0 Å². The Morgan fingerprint density at radius 3 is 2.67 bits per heavy atom. The molecule has 106 valence electrons. The van der Waals surface area contributed by atoms with Gasteiger partial charge >= 0.3 is 0 Å². The molecule has 0 aliphatic carbocycles. The Labute approximate surface area is 144 Å². The Bertz CT molecular complexity index is 921. The van der Waals surface area contributed by atoms with Crippen LogP contribution in [0.5, 0.6) is 0 Å². The van der Waals surface area contributed by atoms with Gasteiger partial charge < -0.3 is 0 Å². The van der Waals surface area contributed by atoms with E-state index >= 15 is 0 Å². The predicted molar refractivity (Wildman–Crippen MR) is 94.8 cm³/mol. The van der Waals surface area contributed by atoms with E-state index in [4.69, 9.17) is 23.2 Å². The summed E-state index contributed by atoms with van der Waals surface area (Å²) in [7, 11) is 0. The summed E-state index contributed by atoms with van der Waals surface area (Å²) in [6.07, 6.45) is 0. The number of benzene rings is 2. The molecule has 3 aromatic rings. The summed E-state index contributed by atoms with van der Waals surface area (Å²) in [4.78, 5) is 17.3. The normalized spacial score (nSPS) is 11.0. The van der Waals surface area contributed by atoms with Crippen LogP contribution in [0.2, 0.25) is 10.0 Å². The molecule has 21 heavy (non-hydrogen) atoms. The highest BCUT2D eigenvalue weighted by atomic mass is 127. The number of fused-ring (bicyclic) bond motifs is 1. The SMILES string of the molecule is Cc1nc2ccc(I)cc2c(=O)n1-c1cc(Cl)ccc1Cl. The molecular weight excluding hydrogens is 422 g/mol. The van der Waals surface area contributed by atoms with Crippen molar-refractivity contribution in [1.82, 2.24) is 9.55 Å². The summed E-state index contributed by atoms with van der Waals surface area (Å²) in [5.74, 6) is 0.567. The molecule has 3 rings (SSSR count). The lowest BCUT2D eigenvalue weighted by Crippen LogP contribution is -2.22. The molecule has 0 aliphatic rings. The molecule has 0 bridgehead atoms. The number of aromatic nitrogens is 2. The fourth-order valence-electron chi connectivity index (χ4n) is 2.21. The van der Waals surface area contributed by atoms with E-state index in [-0.39, 0.29) is 5.56 Å². The average Bonchev–Trinajstić information content (AvgIpc) is 2.44. The third kappa shape index (κ3) is 2.67. The number of nitrogens with zero attached hydrogens (tertiary/aromatic N) is 2. The Balaban J connectivity index is 2.42. The van der Waals surface area contributed by atoms with Crippen molar-refractivity contribution < 1.29 is 0 Å². The number of hydrogen-bond donors (Lipinski definition) is 0. The van der Waals surface area contributed by atoms with Gasteiger partial charge in [0.1, 0.15) is 5.82 Å². The predicted octanol–water partition coefficient (Wildman–Crippen LogP) is 4.61. The molecule has 0 aliphatic heterocycles. The molecule has 0 saturated heterocycles. The fraction of sp³-hybridized carbons (Fsp3) is 0.0667. The van der Waals surface area contributed by atoms with E-state index in [2.05, 4.69) is 27.6 Å². The molecular formula is C15H9Cl2IN2O. The smallest absolute Gasteiger partial charge is 0.266 e. The van der Waals surface area contributed by atoms with Gasteiger partial charge in [-0.15, -0.1) is 0 Å².